The number of nitrogens with one attached hydrogen (secondary N) is 1. The molecule has 0 amide bonds. The molecule has 1 heterocycles. The number of hydrogen-bond donors (Lipinski definition) is 2. The van der Waals surface area contributed by atoms with Crippen LogP contribution >= 0.6 is 15.9 Å². The molecule has 19 heavy (non-hydrogen) atoms. The van der Waals surface area contributed by atoms with Gasteiger partial charge in [0.2, 0.25) is 0 Å². The van der Waals surface area contributed by atoms with Gasteiger partial charge < -0.3 is 5.43 Å². The molecule has 0 saturated carbocycles. The summed E-state index contributed by atoms with van der Waals surface area (Å²) in [6, 6.07) is 12.3. The van der Waals surface area contributed by atoms with Crippen molar-refractivity contribution in [3.05, 3.63) is 58.2 Å². The number of pyridine rings is 1. The zero-order chi connectivity index (χ0) is 13.7. The molecule has 0 radical (unpaired) electrons. The van der Waals surface area contributed by atoms with Gasteiger partial charge in [0.05, 0.1) is 0 Å². The van der Waals surface area contributed by atoms with Crippen LogP contribution < -0.4 is 11.3 Å². The van der Waals surface area contributed by atoms with Crippen molar-refractivity contribution < 1.29 is 0 Å². The summed E-state index contributed by atoms with van der Waals surface area (Å²) in [4.78, 5) is 6.35. The standard InChI is InChI=1S/C14H17BrN4/c1-19(9-11-2-4-13(15)5-3-11)10-12-6-7-17-14(8-12)18-16/h2-8H,9-10,16H2,1H3,(H,17,18). The normalized spacial score (nSPS) is 10.7. The molecule has 0 aliphatic carbocycles. The maximum Gasteiger partial charge on any atom is 0.140 e. The number of aromatic nitrogens is 1. The highest BCUT2D eigenvalue weighted by Gasteiger charge is 2.03. The second-order valence-corrected chi connectivity index (χ2v) is 5.41. The Kier molecular flexibility index (Phi) is 4.90. The molecule has 4 nitrogen and oxygen atoms in total. The van der Waals surface area contributed by atoms with Crippen LogP contribution in [0.5, 0.6) is 0 Å². The van der Waals surface area contributed by atoms with Gasteiger partial charge in [0.25, 0.3) is 0 Å². The summed E-state index contributed by atoms with van der Waals surface area (Å²) in [5.74, 6) is 6.05. The van der Waals surface area contributed by atoms with Crippen LogP contribution in [-0.4, -0.2) is 16.9 Å². The fraction of sp³-hybridized carbons (Fsp3) is 0.214. The number of halogens is 1. The van der Waals surface area contributed by atoms with E-state index in [4.69, 9.17) is 5.84 Å². The van der Waals surface area contributed by atoms with Gasteiger partial charge in [-0.1, -0.05) is 28.1 Å². The summed E-state index contributed by atoms with van der Waals surface area (Å²) in [6.45, 7) is 1.76. The van der Waals surface area contributed by atoms with Crippen molar-refractivity contribution in [2.24, 2.45) is 5.84 Å². The van der Waals surface area contributed by atoms with Gasteiger partial charge in [0, 0.05) is 23.8 Å². The third-order valence-corrected chi connectivity index (χ3v) is 3.32. The summed E-state index contributed by atoms with van der Waals surface area (Å²) >= 11 is 3.44. The Hall–Kier alpha value is -1.43. The Morgan fingerprint density at radius 3 is 2.53 bits per heavy atom. The molecule has 3 N–H and O–H groups in total. The van der Waals surface area contributed by atoms with Crippen molar-refractivity contribution in [3.63, 3.8) is 0 Å². The quantitative estimate of drug-likeness (QED) is 0.657. The lowest BCUT2D eigenvalue weighted by atomic mass is 10.2. The summed E-state index contributed by atoms with van der Waals surface area (Å²) in [6.07, 6.45) is 1.76. The minimum absolute atomic E-state index is 0.689. The molecule has 0 aliphatic heterocycles. The molecule has 0 fully saturated rings. The maximum absolute atomic E-state index is 5.36. The Labute approximate surface area is 121 Å². The number of hydrogen-bond acceptors (Lipinski definition) is 4. The van der Waals surface area contributed by atoms with Gasteiger partial charge in [-0.05, 0) is 42.4 Å². The van der Waals surface area contributed by atoms with Crippen molar-refractivity contribution in [1.82, 2.24) is 9.88 Å². The van der Waals surface area contributed by atoms with Gasteiger partial charge in [-0.15, -0.1) is 0 Å². The van der Waals surface area contributed by atoms with Crippen LogP contribution in [0.4, 0.5) is 5.82 Å². The second-order valence-electron chi connectivity index (χ2n) is 4.49. The molecule has 0 bridgehead atoms. The molecular formula is C14H17BrN4. The fourth-order valence-corrected chi connectivity index (χ4v) is 2.18. The predicted octanol–water partition coefficient (Wildman–Crippen LogP) is 2.76. The first-order valence-electron chi connectivity index (χ1n) is 6.02. The van der Waals surface area contributed by atoms with E-state index in [9.17, 15) is 0 Å². The van der Waals surface area contributed by atoms with Gasteiger partial charge in [0.1, 0.15) is 5.82 Å². The minimum Gasteiger partial charge on any atom is -0.308 e. The van der Waals surface area contributed by atoms with Crippen LogP contribution in [0.2, 0.25) is 0 Å². The van der Waals surface area contributed by atoms with E-state index in [0.29, 0.717) is 5.82 Å². The molecule has 0 saturated heterocycles. The average Bonchev–Trinajstić information content (AvgIpc) is 2.41. The van der Waals surface area contributed by atoms with Crippen LogP contribution in [0.15, 0.2) is 47.1 Å². The van der Waals surface area contributed by atoms with Gasteiger partial charge in [-0.3, -0.25) is 4.90 Å². The first-order chi connectivity index (χ1) is 9.17. The lowest BCUT2D eigenvalue weighted by Crippen LogP contribution is -2.17. The SMILES string of the molecule is CN(Cc1ccc(Br)cc1)Cc1ccnc(NN)c1. The number of rotatable bonds is 5. The molecule has 1 aromatic heterocycles. The Morgan fingerprint density at radius 1 is 1.16 bits per heavy atom. The van der Waals surface area contributed by atoms with Crippen molar-refractivity contribution in [3.8, 4) is 0 Å². The van der Waals surface area contributed by atoms with Crippen LogP contribution in [0, 0.1) is 0 Å². The van der Waals surface area contributed by atoms with Crippen LogP contribution in [-0.2, 0) is 13.1 Å². The highest BCUT2D eigenvalue weighted by atomic mass is 79.9. The summed E-state index contributed by atoms with van der Waals surface area (Å²) in [7, 11) is 2.10. The molecule has 2 aromatic rings. The molecule has 2 rings (SSSR count). The van der Waals surface area contributed by atoms with Gasteiger partial charge in [0.15, 0.2) is 0 Å². The Bertz CT molecular complexity index is 527. The fourth-order valence-electron chi connectivity index (χ4n) is 1.92. The van der Waals surface area contributed by atoms with Gasteiger partial charge in [-0.25, -0.2) is 10.8 Å². The van der Waals surface area contributed by atoms with E-state index < -0.39 is 0 Å². The Balaban J connectivity index is 1.96. The first-order valence-corrected chi connectivity index (χ1v) is 6.81. The van der Waals surface area contributed by atoms with Crippen LogP contribution in [0.1, 0.15) is 11.1 Å². The Morgan fingerprint density at radius 2 is 1.84 bits per heavy atom. The van der Waals surface area contributed by atoms with Crippen molar-refractivity contribution >= 4 is 21.7 Å². The van der Waals surface area contributed by atoms with Crippen molar-refractivity contribution in [1.29, 1.82) is 0 Å². The third-order valence-electron chi connectivity index (χ3n) is 2.79. The van der Waals surface area contributed by atoms with E-state index in [1.807, 2.05) is 12.1 Å². The number of nitrogen functional groups attached to an aromatic ring is 1. The molecule has 0 atom stereocenters. The maximum atomic E-state index is 5.36. The lowest BCUT2D eigenvalue weighted by molar-refractivity contribution is 0.319. The third kappa shape index (κ3) is 4.31. The number of nitrogens with two attached hydrogens (primary N) is 1. The molecule has 100 valence electrons. The van der Waals surface area contributed by atoms with Crippen molar-refractivity contribution in [2.45, 2.75) is 13.1 Å². The zero-order valence-corrected chi connectivity index (χ0v) is 12.4. The lowest BCUT2D eigenvalue weighted by Gasteiger charge is -2.17. The molecular weight excluding hydrogens is 304 g/mol. The average molecular weight is 321 g/mol. The highest BCUT2D eigenvalue weighted by molar-refractivity contribution is 9.10. The minimum atomic E-state index is 0.689. The smallest absolute Gasteiger partial charge is 0.140 e. The predicted molar refractivity (Wildman–Crippen MR) is 81.4 cm³/mol. The molecule has 0 spiro atoms. The largest absolute Gasteiger partial charge is 0.308 e. The second kappa shape index (κ2) is 6.65. The summed E-state index contributed by atoms with van der Waals surface area (Å²) in [5, 5.41) is 0. The number of hydrazine groups is 1. The molecule has 0 unspecified atom stereocenters. The van der Waals surface area contributed by atoms with E-state index in [1.54, 1.807) is 6.20 Å². The molecule has 0 aliphatic rings. The van der Waals surface area contributed by atoms with Gasteiger partial charge in [-0.2, -0.15) is 0 Å². The van der Waals surface area contributed by atoms with Crippen LogP contribution in [0.25, 0.3) is 0 Å². The molecule has 5 heteroatoms. The highest BCUT2D eigenvalue weighted by Crippen LogP contribution is 2.13. The van der Waals surface area contributed by atoms with E-state index in [-0.39, 0.29) is 0 Å². The van der Waals surface area contributed by atoms with E-state index in [2.05, 4.69) is 62.6 Å². The zero-order valence-electron chi connectivity index (χ0n) is 10.8. The van der Waals surface area contributed by atoms with Gasteiger partial charge >= 0.3 is 0 Å². The topological polar surface area (TPSA) is 54.2 Å². The van der Waals surface area contributed by atoms with Crippen molar-refractivity contribution in [2.75, 3.05) is 12.5 Å². The van der Waals surface area contributed by atoms with E-state index in [0.717, 1.165) is 17.6 Å². The van der Waals surface area contributed by atoms with Crippen LogP contribution in [0.3, 0.4) is 0 Å². The summed E-state index contributed by atoms with van der Waals surface area (Å²) < 4.78 is 1.10. The first kappa shape index (κ1) is 14.0. The molecule has 1 aromatic carbocycles. The number of nitrogens with zero attached hydrogens (tertiary/aromatic N) is 2. The van der Waals surface area contributed by atoms with E-state index in [1.165, 1.54) is 11.1 Å². The number of benzene rings is 1. The summed E-state index contributed by atoms with van der Waals surface area (Å²) in [5.41, 5.74) is 5.03. The van der Waals surface area contributed by atoms with E-state index >= 15 is 0 Å². The monoisotopic (exact) mass is 320 g/mol. The number of anilines is 1.